The fourth-order valence-electron chi connectivity index (χ4n) is 3.36. The van der Waals surface area contributed by atoms with E-state index in [9.17, 15) is 4.79 Å². The molecule has 0 aliphatic carbocycles. The van der Waals surface area contributed by atoms with Crippen molar-refractivity contribution in [3.63, 3.8) is 0 Å². The Bertz CT molecular complexity index is 1130. The third kappa shape index (κ3) is 4.57. The van der Waals surface area contributed by atoms with Crippen LogP contribution in [0.15, 0.2) is 72.0 Å². The van der Waals surface area contributed by atoms with Crippen molar-refractivity contribution in [2.24, 2.45) is 0 Å². The molecule has 0 bridgehead atoms. The van der Waals surface area contributed by atoms with Gasteiger partial charge in [-0.05, 0) is 31.0 Å². The number of nitrogens with zero attached hydrogens (tertiary/aromatic N) is 5. The summed E-state index contributed by atoms with van der Waals surface area (Å²) in [5.74, 6) is 0.886. The predicted molar refractivity (Wildman–Crippen MR) is 112 cm³/mol. The van der Waals surface area contributed by atoms with Crippen LogP contribution in [0.2, 0.25) is 0 Å². The van der Waals surface area contributed by atoms with Gasteiger partial charge in [0.2, 0.25) is 0 Å². The molecule has 2 aromatic carbocycles. The second-order valence-electron chi connectivity index (χ2n) is 7.18. The maximum atomic E-state index is 12.6. The Labute approximate surface area is 169 Å². The van der Waals surface area contributed by atoms with Crippen LogP contribution in [0.25, 0.3) is 10.9 Å². The van der Waals surface area contributed by atoms with E-state index in [-0.39, 0.29) is 11.6 Å². The summed E-state index contributed by atoms with van der Waals surface area (Å²) < 4.78 is 3.72. The van der Waals surface area contributed by atoms with E-state index in [2.05, 4.69) is 49.3 Å². The van der Waals surface area contributed by atoms with Gasteiger partial charge < -0.3 is 9.88 Å². The summed E-state index contributed by atoms with van der Waals surface area (Å²) in [5.41, 5.74) is 1.99. The van der Waals surface area contributed by atoms with Crippen molar-refractivity contribution in [1.29, 1.82) is 0 Å². The van der Waals surface area contributed by atoms with E-state index in [1.54, 1.807) is 17.2 Å². The van der Waals surface area contributed by atoms with E-state index in [4.69, 9.17) is 0 Å². The lowest BCUT2D eigenvalue weighted by Gasteiger charge is -2.15. The van der Waals surface area contributed by atoms with E-state index in [0.29, 0.717) is 18.5 Å². The van der Waals surface area contributed by atoms with Crippen LogP contribution < -0.4 is 10.9 Å². The molecule has 2 heterocycles. The highest BCUT2D eigenvalue weighted by Crippen LogP contribution is 2.06. The zero-order valence-electron chi connectivity index (χ0n) is 16.4. The SMILES string of the molecule is CC(Cn1cnc2ccccc2c1=O)NCc1nncn1CCc1ccccc1. The zero-order valence-corrected chi connectivity index (χ0v) is 16.4. The van der Waals surface area contributed by atoms with Crippen LogP contribution in [0.4, 0.5) is 0 Å². The standard InChI is InChI=1S/C22H24N6O/c1-17(14-28-15-24-20-10-6-5-9-19(20)22(28)29)23-13-21-26-25-16-27(21)12-11-18-7-3-2-4-8-18/h2-10,15-17,23H,11-14H2,1H3. The fraction of sp³-hybridized carbons (Fsp3) is 0.273. The Kier molecular flexibility index (Phi) is 5.76. The van der Waals surface area contributed by atoms with Crippen molar-refractivity contribution >= 4 is 10.9 Å². The number of aryl methyl sites for hydroxylation is 2. The normalized spacial score (nSPS) is 12.3. The second-order valence-corrected chi connectivity index (χ2v) is 7.18. The van der Waals surface area contributed by atoms with Crippen LogP contribution in [0.5, 0.6) is 0 Å². The van der Waals surface area contributed by atoms with Gasteiger partial charge in [0.05, 0.1) is 23.8 Å². The average molecular weight is 388 g/mol. The van der Waals surface area contributed by atoms with Gasteiger partial charge in [-0.1, -0.05) is 42.5 Å². The molecule has 4 rings (SSSR count). The summed E-state index contributed by atoms with van der Waals surface area (Å²) in [6.07, 6.45) is 4.31. The molecule has 1 unspecified atom stereocenters. The molecule has 0 aliphatic rings. The average Bonchev–Trinajstić information content (AvgIpc) is 3.21. The first-order valence-electron chi connectivity index (χ1n) is 9.79. The molecule has 0 aliphatic heterocycles. The molecule has 1 N–H and O–H groups in total. The molecule has 0 radical (unpaired) electrons. The number of hydrogen-bond acceptors (Lipinski definition) is 5. The molecule has 0 spiro atoms. The van der Waals surface area contributed by atoms with Gasteiger partial charge in [-0.25, -0.2) is 4.98 Å². The van der Waals surface area contributed by atoms with Crippen molar-refractivity contribution < 1.29 is 0 Å². The number of para-hydroxylation sites is 1. The molecule has 7 heteroatoms. The van der Waals surface area contributed by atoms with E-state index in [1.807, 2.05) is 37.3 Å². The first-order valence-corrected chi connectivity index (χ1v) is 9.79. The molecular formula is C22H24N6O. The number of benzene rings is 2. The molecule has 0 fully saturated rings. The van der Waals surface area contributed by atoms with Crippen molar-refractivity contribution in [2.75, 3.05) is 0 Å². The van der Waals surface area contributed by atoms with Crippen molar-refractivity contribution in [1.82, 2.24) is 29.6 Å². The number of rotatable bonds is 8. The molecular weight excluding hydrogens is 364 g/mol. The highest BCUT2D eigenvalue weighted by Gasteiger charge is 2.10. The number of hydrogen-bond donors (Lipinski definition) is 1. The first kappa shape index (κ1) is 19.0. The lowest BCUT2D eigenvalue weighted by atomic mass is 10.1. The van der Waals surface area contributed by atoms with Crippen LogP contribution in [-0.4, -0.2) is 30.4 Å². The molecule has 0 saturated carbocycles. The van der Waals surface area contributed by atoms with Crippen LogP contribution >= 0.6 is 0 Å². The van der Waals surface area contributed by atoms with Crippen LogP contribution in [0, 0.1) is 0 Å². The lowest BCUT2D eigenvalue weighted by molar-refractivity contribution is 0.453. The van der Waals surface area contributed by atoms with Gasteiger partial charge in [0.1, 0.15) is 12.2 Å². The summed E-state index contributed by atoms with van der Waals surface area (Å²) in [4.78, 5) is 17.0. The molecule has 29 heavy (non-hydrogen) atoms. The smallest absolute Gasteiger partial charge is 0.261 e. The second kappa shape index (κ2) is 8.79. The van der Waals surface area contributed by atoms with Gasteiger partial charge in [-0.3, -0.25) is 9.36 Å². The predicted octanol–water partition coefficient (Wildman–Crippen LogP) is 2.41. The molecule has 1 atom stereocenters. The third-order valence-electron chi connectivity index (χ3n) is 4.99. The third-order valence-corrected chi connectivity index (χ3v) is 4.99. The van der Waals surface area contributed by atoms with Crippen molar-refractivity contribution in [3.05, 3.63) is 89.0 Å². The monoisotopic (exact) mass is 388 g/mol. The Morgan fingerprint density at radius 1 is 1.00 bits per heavy atom. The van der Waals surface area contributed by atoms with Gasteiger partial charge >= 0.3 is 0 Å². The Morgan fingerprint density at radius 3 is 2.66 bits per heavy atom. The zero-order chi connectivity index (χ0) is 20.1. The van der Waals surface area contributed by atoms with Gasteiger partial charge in [0.25, 0.3) is 5.56 Å². The summed E-state index contributed by atoms with van der Waals surface area (Å²) in [7, 11) is 0. The lowest BCUT2D eigenvalue weighted by Crippen LogP contribution is -2.35. The number of nitrogens with one attached hydrogen (secondary N) is 1. The maximum Gasteiger partial charge on any atom is 0.261 e. The fourth-order valence-corrected chi connectivity index (χ4v) is 3.36. The van der Waals surface area contributed by atoms with E-state index in [0.717, 1.165) is 24.3 Å². The van der Waals surface area contributed by atoms with E-state index >= 15 is 0 Å². The van der Waals surface area contributed by atoms with Crippen LogP contribution in [0.1, 0.15) is 18.3 Å². The first-order chi connectivity index (χ1) is 14.2. The van der Waals surface area contributed by atoms with Gasteiger partial charge in [-0.15, -0.1) is 10.2 Å². The van der Waals surface area contributed by atoms with E-state index in [1.165, 1.54) is 5.56 Å². The Hall–Kier alpha value is -3.32. The van der Waals surface area contributed by atoms with Crippen LogP contribution in [0.3, 0.4) is 0 Å². The van der Waals surface area contributed by atoms with Crippen LogP contribution in [-0.2, 0) is 26.1 Å². The molecule has 0 saturated heterocycles. The highest BCUT2D eigenvalue weighted by atomic mass is 16.1. The summed E-state index contributed by atoms with van der Waals surface area (Å²) in [6.45, 7) is 4.00. The van der Waals surface area contributed by atoms with E-state index < -0.39 is 0 Å². The summed E-state index contributed by atoms with van der Waals surface area (Å²) in [5, 5.41) is 12.4. The number of fused-ring (bicyclic) bond motifs is 1. The van der Waals surface area contributed by atoms with Crippen molar-refractivity contribution in [2.45, 2.75) is 39.0 Å². The Morgan fingerprint density at radius 2 is 1.79 bits per heavy atom. The summed E-state index contributed by atoms with van der Waals surface area (Å²) in [6, 6.07) is 17.9. The summed E-state index contributed by atoms with van der Waals surface area (Å²) >= 11 is 0. The minimum atomic E-state index is -0.0183. The van der Waals surface area contributed by atoms with Gasteiger partial charge in [0.15, 0.2) is 0 Å². The minimum absolute atomic E-state index is 0.0183. The number of aromatic nitrogens is 5. The molecule has 7 nitrogen and oxygen atoms in total. The Balaban J connectivity index is 1.36. The highest BCUT2D eigenvalue weighted by molar-refractivity contribution is 5.76. The quantitative estimate of drug-likeness (QED) is 0.502. The molecule has 148 valence electrons. The molecule has 4 aromatic rings. The molecule has 0 amide bonds. The minimum Gasteiger partial charge on any atom is -0.316 e. The molecule has 2 aromatic heterocycles. The topological polar surface area (TPSA) is 77.6 Å². The van der Waals surface area contributed by atoms with Crippen molar-refractivity contribution in [3.8, 4) is 0 Å². The largest absolute Gasteiger partial charge is 0.316 e. The maximum absolute atomic E-state index is 12.6. The van der Waals surface area contributed by atoms with Gasteiger partial charge in [-0.2, -0.15) is 0 Å². The van der Waals surface area contributed by atoms with Gasteiger partial charge in [0, 0.05) is 19.1 Å².